The molecule has 0 bridgehead atoms. The fourth-order valence-corrected chi connectivity index (χ4v) is 4.23. The quantitative estimate of drug-likeness (QED) is 0.638. The van der Waals surface area contributed by atoms with E-state index in [1.807, 2.05) is 6.07 Å². The smallest absolute Gasteiger partial charge is 0.132 e. The van der Waals surface area contributed by atoms with Crippen LogP contribution in [0.3, 0.4) is 0 Å². The number of allylic oxidation sites excluding steroid dienone is 1. The molecular weight excluding hydrogens is 344 g/mol. The third-order valence-electron chi connectivity index (χ3n) is 5.29. The van der Waals surface area contributed by atoms with Crippen LogP contribution in [0.2, 0.25) is 5.02 Å². The molecule has 5 heteroatoms. The van der Waals surface area contributed by atoms with Crippen molar-refractivity contribution in [2.75, 3.05) is 11.4 Å². The summed E-state index contributed by atoms with van der Waals surface area (Å²) >= 11 is 6.31. The maximum Gasteiger partial charge on any atom is 0.132 e. The van der Waals surface area contributed by atoms with Crippen LogP contribution in [0.4, 0.5) is 5.69 Å². The van der Waals surface area contributed by atoms with Gasteiger partial charge >= 0.3 is 0 Å². The Morgan fingerprint density at radius 1 is 1.04 bits per heavy atom. The topological polar surface area (TPSA) is 32.3 Å². The van der Waals surface area contributed by atoms with E-state index >= 15 is 0 Å². The summed E-state index contributed by atoms with van der Waals surface area (Å²) in [6.07, 6.45) is 8.24. The van der Waals surface area contributed by atoms with E-state index in [0.29, 0.717) is 0 Å². The standard InChI is InChI=1S/C21H19ClN4/c1-14-4-6-16(22)12-20(14)26-13-17-3-2-10-25(17)21(26)15-5-7-18-19(11-15)24-9-8-23-18/h4-9,11-13,21H,2-3,10H2,1H3. The zero-order chi connectivity index (χ0) is 17.7. The molecule has 3 heterocycles. The molecular formula is C21H19ClN4. The Morgan fingerprint density at radius 3 is 2.77 bits per heavy atom. The van der Waals surface area contributed by atoms with E-state index in [2.05, 4.69) is 63.2 Å². The van der Waals surface area contributed by atoms with Gasteiger partial charge in [-0.05, 0) is 55.2 Å². The van der Waals surface area contributed by atoms with Gasteiger partial charge in [0.25, 0.3) is 0 Å². The second-order valence-corrected chi connectivity index (χ2v) is 7.37. The zero-order valence-electron chi connectivity index (χ0n) is 14.6. The molecule has 130 valence electrons. The second-order valence-electron chi connectivity index (χ2n) is 6.93. The highest BCUT2D eigenvalue weighted by Gasteiger charge is 2.37. The molecule has 0 saturated carbocycles. The van der Waals surface area contributed by atoms with Crippen LogP contribution in [0.5, 0.6) is 0 Å². The largest absolute Gasteiger partial charge is 0.349 e. The Bertz CT molecular complexity index is 1030. The lowest BCUT2D eigenvalue weighted by Gasteiger charge is -2.33. The minimum Gasteiger partial charge on any atom is -0.349 e. The van der Waals surface area contributed by atoms with Crippen LogP contribution >= 0.6 is 11.6 Å². The lowest BCUT2D eigenvalue weighted by Crippen LogP contribution is -2.31. The first kappa shape index (κ1) is 15.6. The molecule has 1 atom stereocenters. The summed E-state index contributed by atoms with van der Waals surface area (Å²) in [7, 11) is 0. The molecule has 4 nitrogen and oxygen atoms in total. The predicted octanol–water partition coefficient (Wildman–Crippen LogP) is 5.05. The van der Waals surface area contributed by atoms with E-state index in [9.17, 15) is 0 Å². The fraction of sp³-hybridized carbons (Fsp3) is 0.238. The van der Waals surface area contributed by atoms with E-state index in [1.165, 1.54) is 23.2 Å². The maximum atomic E-state index is 6.31. The van der Waals surface area contributed by atoms with Gasteiger partial charge in [0, 0.05) is 41.5 Å². The summed E-state index contributed by atoms with van der Waals surface area (Å²) in [5.41, 5.74) is 6.86. The monoisotopic (exact) mass is 362 g/mol. The normalized spacial score (nSPS) is 19.2. The summed E-state index contributed by atoms with van der Waals surface area (Å²) < 4.78 is 0. The molecule has 2 aromatic carbocycles. The van der Waals surface area contributed by atoms with Gasteiger partial charge < -0.3 is 9.80 Å². The SMILES string of the molecule is Cc1ccc(Cl)cc1N1C=C2CCCN2C1c1ccc2nccnc2c1. The Balaban J connectivity index is 1.65. The molecule has 2 aliphatic rings. The lowest BCUT2D eigenvalue weighted by molar-refractivity contribution is 0.319. The molecule has 1 saturated heterocycles. The van der Waals surface area contributed by atoms with Gasteiger partial charge in [-0.25, -0.2) is 0 Å². The number of rotatable bonds is 2. The first-order valence-corrected chi connectivity index (χ1v) is 9.31. The average molecular weight is 363 g/mol. The van der Waals surface area contributed by atoms with Gasteiger partial charge in [0.15, 0.2) is 0 Å². The van der Waals surface area contributed by atoms with Crippen molar-refractivity contribution in [1.29, 1.82) is 0 Å². The second kappa shape index (κ2) is 5.99. The minimum absolute atomic E-state index is 0.135. The van der Waals surface area contributed by atoms with Crippen molar-refractivity contribution in [2.45, 2.75) is 25.9 Å². The Hall–Kier alpha value is -2.59. The number of hydrogen-bond acceptors (Lipinski definition) is 4. The number of halogens is 1. The highest BCUT2D eigenvalue weighted by atomic mass is 35.5. The molecule has 0 spiro atoms. The van der Waals surface area contributed by atoms with E-state index in [0.717, 1.165) is 34.7 Å². The van der Waals surface area contributed by atoms with Crippen molar-refractivity contribution in [3.05, 3.63) is 76.8 Å². The van der Waals surface area contributed by atoms with Gasteiger partial charge in [0.05, 0.1) is 11.0 Å². The summed E-state index contributed by atoms with van der Waals surface area (Å²) in [5.74, 6) is 0. The molecule has 0 N–H and O–H groups in total. The highest BCUT2D eigenvalue weighted by molar-refractivity contribution is 6.30. The minimum atomic E-state index is 0.135. The molecule has 0 amide bonds. The average Bonchev–Trinajstić information content (AvgIpc) is 3.24. The van der Waals surface area contributed by atoms with E-state index in [-0.39, 0.29) is 6.17 Å². The number of fused-ring (bicyclic) bond motifs is 2. The van der Waals surface area contributed by atoms with Crippen LogP contribution in [-0.4, -0.2) is 21.4 Å². The van der Waals surface area contributed by atoms with Crippen LogP contribution in [0.15, 0.2) is 60.7 Å². The van der Waals surface area contributed by atoms with Crippen LogP contribution in [-0.2, 0) is 0 Å². The molecule has 26 heavy (non-hydrogen) atoms. The van der Waals surface area contributed by atoms with Crippen LogP contribution in [0.25, 0.3) is 11.0 Å². The van der Waals surface area contributed by atoms with Crippen molar-refractivity contribution in [2.24, 2.45) is 0 Å². The summed E-state index contributed by atoms with van der Waals surface area (Å²) in [6, 6.07) is 12.5. The molecule has 2 aliphatic heterocycles. The van der Waals surface area contributed by atoms with Gasteiger partial charge in [-0.1, -0.05) is 23.7 Å². The van der Waals surface area contributed by atoms with Crippen LogP contribution < -0.4 is 4.90 Å². The molecule has 1 aromatic heterocycles. The predicted molar refractivity (Wildman–Crippen MR) is 105 cm³/mol. The third kappa shape index (κ3) is 2.44. The maximum absolute atomic E-state index is 6.31. The third-order valence-corrected chi connectivity index (χ3v) is 5.52. The number of aromatic nitrogens is 2. The van der Waals surface area contributed by atoms with Crippen LogP contribution in [0.1, 0.15) is 30.1 Å². The van der Waals surface area contributed by atoms with E-state index in [1.54, 1.807) is 12.4 Å². The summed E-state index contributed by atoms with van der Waals surface area (Å²) in [4.78, 5) is 13.7. The number of hydrogen-bond donors (Lipinski definition) is 0. The van der Waals surface area contributed by atoms with Gasteiger partial charge in [0.1, 0.15) is 6.17 Å². The number of anilines is 1. The van der Waals surface area contributed by atoms with Gasteiger partial charge in [0.2, 0.25) is 0 Å². The Kier molecular flexibility index (Phi) is 3.61. The van der Waals surface area contributed by atoms with Crippen molar-refractivity contribution < 1.29 is 0 Å². The first-order chi connectivity index (χ1) is 12.7. The number of benzene rings is 2. The molecule has 1 fully saturated rings. The van der Waals surface area contributed by atoms with Gasteiger partial charge in [-0.3, -0.25) is 9.97 Å². The Labute approximate surface area is 157 Å². The van der Waals surface area contributed by atoms with E-state index < -0.39 is 0 Å². The lowest BCUT2D eigenvalue weighted by atomic mass is 10.1. The summed E-state index contributed by atoms with van der Waals surface area (Å²) in [5, 5.41) is 0.763. The van der Waals surface area contributed by atoms with Gasteiger partial charge in [-0.15, -0.1) is 0 Å². The highest BCUT2D eigenvalue weighted by Crippen LogP contribution is 2.44. The van der Waals surface area contributed by atoms with Gasteiger partial charge in [-0.2, -0.15) is 0 Å². The molecule has 0 aliphatic carbocycles. The van der Waals surface area contributed by atoms with Crippen LogP contribution in [0, 0.1) is 6.92 Å². The zero-order valence-corrected chi connectivity index (χ0v) is 15.3. The summed E-state index contributed by atoms with van der Waals surface area (Å²) in [6.45, 7) is 3.21. The molecule has 0 radical (unpaired) electrons. The fourth-order valence-electron chi connectivity index (χ4n) is 4.06. The van der Waals surface area contributed by atoms with Crippen molar-refractivity contribution in [1.82, 2.24) is 14.9 Å². The molecule has 1 unspecified atom stereocenters. The van der Waals surface area contributed by atoms with Crippen molar-refractivity contribution in [3.8, 4) is 0 Å². The molecule has 3 aromatic rings. The van der Waals surface area contributed by atoms with Crippen molar-refractivity contribution >= 4 is 28.3 Å². The number of nitrogens with zero attached hydrogens (tertiary/aromatic N) is 4. The Morgan fingerprint density at radius 2 is 1.88 bits per heavy atom. The van der Waals surface area contributed by atoms with Crippen molar-refractivity contribution in [3.63, 3.8) is 0 Å². The number of aryl methyl sites for hydroxylation is 1. The first-order valence-electron chi connectivity index (χ1n) is 8.93. The molecule has 5 rings (SSSR count). The van der Waals surface area contributed by atoms with E-state index in [4.69, 9.17) is 11.6 Å².